The highest BCUT2D eigenvalue weighted by Gasteiger charge is 2.29. The fraction of sp³-hybridized carbons (Fsp3) is 0.571. The van der Waals surface area contributed by atoms with Gasteiger partial charge in [0.05, 0.1) is 5.69 Å². The number of anilines is 1. The van der Waals surface area contributed by atoms with Crippen molar-refractivity contribution < 1.29 is 4.39 Å². The maximum atomic E-state index is 13.9. The highest BCUT2D eigenvalue weighted by molar-refractivity contribution is 5.42. The molecule has 2 nitrogen and oxygen atoms in total. The summed E-state index contributed by atoms with van der Waals surface area (Å²) in [5.74, 6) is -0.249. The summed E-state index contributed by atoms with van der Waals surface area (Å²) in [5.41, 5.74) is 6.58. The lowest BCUT2D eigenvalue weighted by atomic mass is 10.1. The maximum Gasteiger partial charge on any atom is 0.150 e. The molecule has 1 aromatic rings. The Bertz CT molecular complexity index is 392. The molecule has 0 saturated carbocycles. The van der Waals surface area contributed by atoms with Gasteiger partial charge in [-0.3, -0.25) is 4.90 Å². The van der Waals surface area contributed by atoms with E-state index in [4.69, 9.17) is 5.73 Å². The molecular weight excluding hydrogens is 215 g/mol. The van der Waals surface area contributed by atoms with Crippen molar-refractivity contribution in [3.8, 4) is 0 Å². The van der Waals surface area contributed by atoms with Crippen molar-refractivity contribution in [2.45, 2.75) is 51.7 Å². The van der Waals surface area contributed by atoms with Crippen LogP contribution in [0.1, 0.15) is 38.7 Å². The standard InChI is InChI=1S/C14H21FN2/c1-3-12-8-7-10(2)17(12)9-11-5-4-6-13(16)14(11)15/h4-6,10,12H,3,7-9,16H2,1-2H3. The normalized spacial score (nSPS) is 25.4. The molecule has 1 heterocycles. The molecule has 2 rings (SSSR count). The third-order valence-electron chi connectivity index (χ3n) is 3.89. The van der Waals surface area contributed by atoms with Crippen LogP contribution in [0.2, 0.25) is 0 Å². The van der Waals surface area contributed by atoms with Gasteiger partial charge in [0.2, 0.25) is 0 Å². The van der Waals surface area contributed by atoms with Crippen molar-refractivity contribution in [1.82, 2.24) is 4.90 Å². The summed E-state index contributed by atoms with van der Waals surface area (Å²) < 4.78 is 13.9. The molecule has 0 spiro atoms. The summed E-state index contributed by atoms with van der Waals surface area (Å²) in [4.78, 5) is 2.40. The zero-order valence-electron chi connectivity index (χ0n) is 10.6. The predicted molar refractivity (Wildman–Crippen MR) is 69.1 cm³/mol. The van der Waals surface area contributed by atoms with Crippen LogP contribution in [0.15, 0.2) is 18.2 Å². The van der Waals surface area contributed by atoms with E-state index < -0.39 is 0 Å². The van der Waals surface area contributed by atoms with Crippen LogP contribution in [0.3, 0.4) is 0 Å². The number of likely N-dealkylation sites (tertiary alicyclic amines) is 1. The highest BCUT2D eigenvalue weighted by Crippen LogP contribution is 2.29. The fourth-order valence-corrected chi connectivity index (χ4v) is 2.77. The van der Waals surface area contributed by atoms with Gasteiger partial charge in [0.15, 0.2) is 5.82 Å². The van der Waals surface area contributed by atoms with E-state index in [1.807, 2.05) is 12.1 Å². The van der Waals surface area contributed by atoms with Crippen LogP contribution in [0, 0.1) is 5.82 Å². The number of nitrogens with two attached hydrogens (primary N) is 1. The first kappa shape index (κ1) is 12.4. The molecule has 0 aromatic heterocycles. The van der Waals surface area contributed by atoms with Crippen LogP contribution >= 0.6 is 0 Å². The number of halogens is 1. The van der Waals surface area contributed by atoms with Gasteiger partial charge in [0.25, 0.3) is 0 Å². The van der Waals surface area contributed by atoms with Crippen LogP contribution in [0.25, 0.3) is 0 Å². The molecule has 0 amide bonds. The Kier molecular flexibility index (Phi) is 3.67. The van der Waals surface area contributed by atoms with Crippen molar-refractivity contribution >= 4 is 5.69 Å². The van der Waals surface area contributed by atoms with Crippen molar-refractivity contribution in [3.63, 3.8) is 0 Å². The molecule has 0 aliphatic carbocycles. The number of nitrogen functional groups attached to an aromatic ring is 1. The van der Waals surface area contributed by atoms with Gasteiger partial charge in [0.1, 0.15) is 0 Å². The van der Waals surface area contributed by atoms with Crippen LogP contribution < -0.4 is 5.73 Å². The Morgan fingerprint density at radius 2 is 2.18 bits per heavy atom. The fourth-order valence-electron chi connectivity index (χ4n) is 2.77. The summed E-state index contributed by atoms with van der Waals surface area (Å²) in [6.07, 6.45) is 3.57. The molecule has 1 aromatic carbocycles. The first-order valence-electron chi connectivity index (χ1n) is 6.42. The second-order valence-corrected chi connectivity index (χ2v) is 4.98. The second-order valence-electron chi connectivity index (χ2n) is 4.98. The minimum atomic E-state index is -0.249. The predicted octanol–water partition coefficient (Wildman–Crippen LogP) is 3.17. The monoisotopic (exact) mass is 236 g/mol. The zero-order valence-corrected chi connectivity index (χ0v) is 10.6. The van der Waals surface area contributed by atoms with Gasteiger partial charge >= 0.3 is 0 Å². The van der Waals surface area contributed by atoms with E-state index in [0.29, 0.717) is 18.6 Å². The smallest absolute Gasteiger partial charge is 0.150 e. The summed E-state index contributed by atoms with van der Waals surface area (Å²) >= 11 is 0. The quantitative estimate of drug-likeness (QED) is 0.817. The first-order chi connectivity index (χ1) is 8.13. The lowest BCUT2D eigenvalue weighted by molar-refractivity contribution is 0.187. The topological polar surface area (TPSA) is 29.3 Å². The number of hydrogen-bond donors (Lipinski definition) is 1. The van der Waals surface area contributed by atoms with Crippen molar-refractivity contribution in [3.05, 3.63) is 29.6 Å². The van der Waals surface area contributed by atoms with Gasteiger partial charge in [0, 0.05) is 24.2 Å². The molecule has 2 unspecified atom stereocenters. The van der Waals surface area contributed by atoms with Crippen molar-refractivity contribution in [1.29, 1.82) is 0 Å². The molecule has 1 aliphatic heterocycles. The Balaban J connectivity index is 2.17. The van der Waals surface area contributed by atoms with E-state index in [1.54, 1.807) is 6.07 Å². The summed E-state index contributed by atoms with van der Waals surface area (Å²) in [6.45, 7) is 5.10. The Labute approximate surface area is 103 Å². The molecule has 0 bridgehead atoms. The second kappa shape index (κ2) is 5.05. The maximum absolute atomic E-state index is 13.9. The number of hydrogen-bond acceptors (Lipinski definition) is 2. The van der Waals surface area contributed by atoms with Crippen molar-refractivity contribution in [2.24, 2.45) is 0 Å². The van der Waals surface area contributed by atoms with E-state index in [9.17, 15) is 4.39 Å². The van der Waals surface area contributed by atoms with Gasteiger partial charge in [-0.2, -0.15) is 0 Å². The van der Waals surface area contributed by atoms with E-state index in [2.05, 4.69) is 18.7 Å². The Morgan fingerprint density at radius 3 is 2.88 bits per heavy atom. The summed E-state index contributed by atoms with van der Waals surface area (Å²) in [5, 5.41) is 0. The first-order valence-corrected chi connectivity index (χ1v) is 6.42. The molecule has 94 valence electrons. The number of benzene rings is 1. The van der Waals surface area contributed by atoms with Gasteiger partial charge in [-0.15, -0.1) is 0 Å². The van der Waals surface area contributed by atoms with Crippen LogP contribution in [0.4, 0.5) is 10.1 Å². The van der Waals surface area contributed by atoms with Crippen LogP contribution in [-0.4, -0.2) is 17.0 Å². The van der Waals surface area contributed by atoms with Gasteiger partial charge in [-0.05, 0) is 32.3 Å². The highest BCUT2D eigenvalue weighted by atomic mass is 19.1. The average Bonchev–Trinajstić information content (AvgIpc) is 2.66. The molecule has 17 heavy (non-hydrogen) atoms. The molecule has 1 fully saturated rings. The van der Waals surface area contributed by atoms with E-state index in [1.165, 1.54) is 12.8 Å². The molecule has 2 atom stereocenters. The van der Waals surface area contributed by atoms with Gasteiger partial charge < -0.3 is 5.73 Å². The summed E-state index contributed by atoms with van der Waals surface area (Å²) in [7, 11) is 0. The molecule has 0 radical (unpaired) electrons. The van der Waals surface area contributed by atoms with Gasteiger partial charge in [-0.1, -0.05) is 19.1 Å². The van der Waals surface area contributed by atoms with Gasteiger partial charge in [-0.25, -0.2) is 4.39 Å². The molecule has 2 N–H and O–H groups in total. The third kappa shape index (κ3) is 2.44. The minimum Gasteiger partial charge on any atom is -0.396 e. The number of rotatable bonds is 3. The van der Waals surface area contributed by atoms with E-state index in [-0.39, 0.29) is 11.5 Å². The molecule has 1 saturated heterocycles. The largest absolute Gasteiger partial charge is 0.396 e. The lowest BCUT2D eigenvalue weighted by Crippen LogP contribution is -2.33. The zero-order chi connectivity index (χ0) is 12.4. The molecular formula is C14H21FN2. The molecule has 3 heteroatoms. The average molecular weight is 236 g/mol. The Morgan fingerprint density at radius 1 is 1.41 bits per heavy atom. The van der Waals surface area contributed by atoms with Crippen LogP contribution in [-0.2, 0) is 6.54 Å². The third-order valence-corrected chi connectivity index (χ3v) is 3.89. The Hall–Kier alpha value is -1.09. The molecule has 1 aliphatic rings. The SMILES string of the molecule is CCC1CCC(C)N1Cc1cccc(N)c1F. The van der Waals surface area contributed by atoms with E-state index >= 15 is 0 Å². The summed E-state index contributed by atoms with van der Waals surface area (Å²) in [6, 6.07) is 6.41. The number of nitrogens with zero attached hydrogens (tertiary/aromatic N) is 1. The van der Waals surface area contributed by atoms with Crippen molar-refractivity contribution in [2.75, 3.05) is 5.73 Å². The minimum absolute atomic E-state index is 0.249. The van der Waals surface area contributed by atoms with Crippen LogP contribution in [0.5, 0.6) is 0 Å². The van der Waals surface area contributed by atoms with E-state index in [0.717, 1.165) is 12.0 Å². The lowest BCUT2D eigenvalue weighted by Gasteiger charge is -2.28.